The van der Waals surface area contributed by atoms with Crippen molar-refractivity contribution < 1.29 is 37.4 Å². The van der Waals surface area contributed by atoms with Crippen LogP contribution in [-0.4, -0.2) is 144 Å². The van der Waals surface area contributed by atoms with E-state index in [0.29, 0.717) is 72.3 Å². The fourth-order valence-corrected chi connectivity index (χ4v) is 13.6. The second-order valence-electron chi connectivity index (χ2n) is 22.2. The molecule has 0 aliphatic carbocycles. The van der Waals surface area contributed by atoms with Gasteiger partial charge in [0.1, 0.15) is 29.5 Å². The zero-order valence-corrected chi connectivity index (χ0v) is 45.1. The summed E-state index contributed by atoms with van der Waals surface area (Å²) in [6, 6.07) is 15.1. The molecule has 10 heterocycles. The molecule has 2 atom stereocenters. The molecule has 78 heavy (non-hydrogen) atoms. The maximum atomic E-state index is 16.9. The lowest BCUT2D eigenvalue weighted by Crippen LogP contribution is -2.43. The molecule has 0 saturated carbocycles. The van der Waals surface area contributed by atoms with Crippen LogP contribution in [0.1, 0.15) is 99.9 Å². The van der Waals surface area contributed by atoms with Crippen LogP contribution in [0.25, 0.3) is 43.8 Å². The number of carbonyl (C=O) groups is 3. The summed E-state index contributed by atoms with van der Waals surface area (Å²) in [6.07, 6.45) is 19.0. The third kappa shape index (κ3) is 10.2. The number of terminal acetylenes is 1. The number of rotatable bonds is 8. The highest BCUT2D eigenvalue weighted by molar-refractivity contribution is 6.04. The van der Waals surface area contributed by atoms with Crippen molar-refractivity contribution in [2.24, 2.45) is 18.9 Å². The first kappa shape index (κ1) is 53.2. The zero-order valence-electron chi connectivity index (χ0n) is 45.1. The molecule has 3 aromatic carbocycles. The number of imide groups is 1. The zero-order chi connectivity index (χ0) is 54.1. The molecule has 2 unspecified atom stereocenters. The average molecular weight is 1070 g/mol. The molecule has 13 rings (SSSR count). The Morgan fingerprint density at radius 3 is 2.36 bits per heavy atom. The van der Waals surface area contributed by atoms with E-state index < -0.39 is 11.6 Å². The molecule has 0 bridgehead atoms. The summed E-state index contributed by atoms with van der Waals surface area (Å²) in [5.74, 6) is 2.69. The molecule has 3 amide bonds. The van der Waals surface area contributed by atoms with E-state index in [-0.39, 0.29) is 52.1 Å². The van der Waals surface area contributed by atoms with Gasteiger partial charge in [-0.25, -0.2) is 13.8 Å². The van der Waals surface area contributed by atoms with E-state index >= 15 is 4.39 Å². The number of hydrogen-bond acceptors (Lipinski definition) is 13. The van der Waals surface area contributed by atoms with Crippen LogP contribution in [-0.2, 0) is 37.3 Å². The minimum Gasteiger partial charge on any atom is -0.461 e. The molecule has 0 radical (unpaired) electrons. The van der Waals surface area contributed by atoms with E-state index in [1.165, 1.54) is 24.6 Å². The van der Waals surface area contributed by atoms with Crippen molar-refractivity contribution in [1.29, 1.82) is 0 Å². The van der Waals surface area contributed by atoms with Crippen LogP contribution >= 0.6 is 0 Å². The Morgan fingerprint density at radius 2 is 1.63 bits per heavy atom. The Hall–Kier alpha value is -6.81. The summed E-state index contributed by atoms with van der Waals surface area (Å²) in [7, 11) is 5.17. The number of piperidine rings is 3. The normalized spacial score (nSPS) is 21.7. The molecule has 6 aromatic rings. The van der Waals surface area contributed by atoms with Crippen molar-refractivity contribution in [3.05, 3.63) is 77.1 Å². The van der Waals surface area contributed by atoms with Gasteiger partial charge in [0.2, 0.25) is 18.2 Å². The highest BCUT2D eigenvalue weighted by Gasteiger charge is 2.45. The van der Waals surface area contributed by atoms with Gasteiger partial charge in [-0.05, 0) is 132 Å². The van der Waals surface area contributed by atoms with E-state index in [9.17, 15) is 18.8 Å². The molecule has 410 valence electrons. The van der Waals surface area contributed by atoms with Crippen molar-refractivity contribution in [3.63, 3.8) is 0 Å². The van der Waals surface area contributed by atoms with Crippen molar-refractivity contribution >= 4 is 62.3 Å². The molecule has 7 aliphatic heterocycles. The van der Waals surface area contributed by atoms with Crippen molar-refractivity contribution in [3.8, 4) is 29.6 Å². The number of pyridine rings is 1. The van der Waals surface area contributed by atoms with Gasteiger partial charge in [-0.1, -0.05) is 30.2 Å². The number of anilines is 2. The quantitative estimate of drug-likeness (QED) is 0.0886. The van der Waals surface area contributed by atoms with Gasteiger partial charge in [0.05, 0.1) is 52.0 Å². The molecule has 3 aromatic heterocycles. The van der Waals surface area contributed by atoms with E-state index in [0.717, 1.165) is 132 Å². The number of methoxy groups -OCH3 is 1. The summed E-state index contributed by atoms with van der Waals surface area (Å²) in [4.78, 5) is 58.6. The molecular weight excluding hydrogens is 995 g/mol. The predicted octanol–water partition coefficient (Wildman–Crippen LogP) is 8.09. The second kappa shape index (κ2) is 22.9. The lowest BCUT2D eigenvalue weighted by atomic mass is 9.79. The van der Waals surface area contributed by atoms with Crippen LogP contribution in [0.5, 0.6) is 6.01 Å². The summed E-state index contributed by atoms with van der Waals surface area (Å²) in [5, 5.41) is 9.89. The Kier molecular flexibility index (Phi) is 15.6. The lowest BCUT2D eigenvalue weighted by Gasteiger charge is -2.40. The number of likely N-dealkylation sites (tertiary alicyclic amines) is 1. The van der Waals surface area contributed by atoms with E-state index in [4.69, 9.17) is 30.8 Å². The van der Waals surface area contributed by atoms with Crippen LogP contribution < -0.4 is 19.9 Å². The van der Waals surface area contributed by atoms with Crippen LogP contribution in [0.2, 0.25) is 0 Å². The van der Waals surface area contributed by atoms with Gasteiger partial charge in [-0.2, -0.15) is 15.1 Å². The number of ether oxygens (including phenoxy) is 3. The number of benzene rings is 3. The van der Waals surface area contributed by atoms with Crippen LogP contribution in [0.15, 0.2) is 48.5 Å². The number of aromatic nitrogens is 5. The number of hydrogen-bond donors (Lipinski definition) is 1. The number of aryl methyl sites for hydroxylation is 2. The molecule has 16 nitrogen and oxygen atoms in total. The Labute approximate surface area is 454 Å². The van der Waals surface area contributed by atoms with Gasteiger partial charge in [0.25, 0.3) is 0 Å². The Bertz CT molecular complexity index is 3260. The van der Waals surface area contributed by atoms with Crippen LogP contribution in [0, 0.1) is 35.8 Å². The van der Waals surface area contributed by atoms with E-state index in [1.54, 1.807) is 26.4 Å². The number of nitrogens with one attached hydrogen (secondary N) is 1. The molecular formula is C60H70F2N10O6. The Morgan fingerprint density at radius 1 is 0.872 bits per heavy atom. The molecule has 6 fully saturated rings. The smallest absolute Gasteiger partial charge is 0.319 e. The van der Waals surface area contributed by atoms with Crippen molar-refractivity contribution in [2.45, 2.75) is 101 Å². The topological polar surface area (TPSA) is 160 Å². The minimum atomic E-state index is -0.585. The molecule has 18 heteroatoms. The number of halogens is 2. The summed E-state index contributed by atoms with van der Waals surface area (Å²) in [5.41, 5.74) is 4.51. The van der Waals surface area contributed by atoms with E-state index in [2.05, 4.69) is 54.0 Å². The number of fused-ring (bicyclic) bond motifs is 5. The molecule has 1 N–H and O–H groups in total. The highest BCUT2D eigenvalue weighted by Crippen LogP contribution is 2.43. The first-order chi connectivity index (χ1) is 38.0. The summed E-state index contributed by atoms with van der Waals surface area (Å²) < 4.78 is 50.2. The predicted molar refractivity (Wildman–Crippen MR) is 295 cm³/mol. The van der Waals surface area contributed by atoms with Crippen LogP contribution in [0.4, 0.5) is 20.3 Å². The van der Waals surface area contributed by atoms with Crippen molar-refractivity contribution in [2.75, 3.05) is 89.7 Å². The first-order valence-corrected chi connectivity index (χ1v) is 28.0. The SMILES string of the molecule is C#Cc1c(F)ccc2cccc(-c3nc4c5c(nc(OCC67CCCN6CCC7)nc5c3F)N3CCCOCC3CC4)c12.COC.Cn1nc(C2CCC(=O)NC2=O)c2ccc(N3CCC(C4CCN(C=O)CC4)CC3)cc21. The van der Waals surface area contributed by atoms with Crippen LogP contribution in [0.3, 0.4) is 0 Å². The fraction of sp³-hybridized carbons (Fsp3) is 0.517. The molecule has 6 saturated heterocycles. The number of carbonyl (C=O) groups excluding carboxylic acids is 3. The molecule has 7 aliphatic rings. The lowest BCUT2D eigenvalue weighted by molar-refractivity contribution is -0.134. The van der Waals surface area contributed by atoms with Gasteiger partial charge in [-0.3, -0.25) is 29.3 Å². The first-order valence-electron chi connectivity index (χ1n) is 28.0. The largest absolute Gasteiger partial charge is 0.461 e. The summed E-state index contributed by atoms with van der Waals surface area (Å²) >= 11 is 0. The monoisotopic (exact) mass is 1060 g/mol. The second-order valence-corrected chi connectivity index (χ2v) is 22.2. The maximum absolute atomic E-state index is 16.9. The molecule has 0 spiro atoms. The fourth-order valence-electron chi connectivity index (χ4n) is 13.6. The van der Waals surface area contributed by atoms with Gasteiger partial charge in [0.15, 0.2) is 5.82 Å². The maximum Gasteiger partial charge on any atom is 0.319 e. The third-order valence-electron chi connectivity index (χ3n) is 17.6. The third-order valence-corrected chi connectivity index (χ3v) is 17.6. The minimum absolute atomic E-state index is 0.00280. The van der Waals surface area contributed by atoms with Gasteiger partial charge >= 0.3 is 6.01 Å². The van der Waals surface area contributed by atoms with Gasteiger partial charge in [-0.15, -0.1) is 6.42 Å². The summed E-state index contributed by atoms with van der Waals surface area (Å²) in [6.45, 7) is 8.53. The standard InChI is InChI=1S/C34H33F2N5O2.C24H31N5O3.C2H6O/c1-2-23-25(35)11-9-21-7-3-8-24(27(21)23)30-29(36)31-28-26(37-30)12-10-22-19-42-18-6-17-41(22)32(28)39-33(38-31)43-20-34-13-4-15-40(34)16-5-14-34;1-27-21-14-18(2-3-19(21)23(26-27)20-4-5-22(31)25-24(20)32)29-12-8-17(9-13-29)16-6-10-28(15-30)11-7-16;1-3-2/h1,3,7-9,11,22H,4-6,10,12-20H2;2-3,14-17,20H,4-13H2,1H3,(H,25,31,32);1-2H3. The highest BCUT2D eigenvalue weighted by atomic mass is 19.1. The Balaban J connectivity index is 0.000000164. The number of nitrogens with zero attached hydrogens (tertiary/aromatic N) is 9. The number of amides is 3. The average Bonchev–Trinajstić information content (AvgIpc) is 4.20. The van der Waals surface area contributed by atoms with E-state index in [1.807, 2.05) is 28.8 Å². The van der Waals surface area contributed by atoms with Gasteiger partial charge in [0, 0.05) is 89.0 Å². The van der Waals surface area contributed by atoms with Crippen molar-refractivity contribution in [1.82, 2.24) is 39.8 Å². The van der Waals surface area contributed by atoms with Gasteiger partial charge < -0.3 is 28.9 Å².